The van der Waals surface area contributed by atoms with Crippen molar-refractivity contribution in [2.24, 2.45) is 0 Å². The van der Waals surface area contributed by atoms with Gasteiger partial charge < -0.3 is 15.6 Å². The highest BCUT2D eigenvalue weighted by molar-refractivity contribution is 5.73. The lowest BCUT2D eigenvalue weighted by Gasteiger charge is -2.41. The third-order valence-electron chi connectivity index (χ3n) is 6.92. The summed E-state index contributed by atoms with van der Waals surface area (Å²) in [7, 11) is 0. The van der Waals surface area contributed by atoms with Crippen LogP contribution in [0.15, 0.2) is 84.9 Å². The van der Waals surface area contributed by atoms with Gasteiger partial charge in [-0.3, -0.25) is 4.90 Å². The number of para-hydroxylation sites is 1. The van der Waals surface area contributed by atoms with E-state index in [4.69, 9.17) is 15.6 Å². The van der Waals surface area contributed by atoms with Crippen LogP contribution in [0, 0.1) is 11.3 Å². The van der Waals surface area contributed by atoms with Gasteiger partial charge in [0.25, 0.3) is 0 Å². The minimum absolute atomic E-state index is 0.0911. The van der Waals surface area contributed by atoms with Crippen molar-refractivity contribution >= 4 is 5.82 Å². The average Bonchev–Trinajstić information content (AvgIpc) is 3.27. The Kier molecular flexibility index (Phi) is 6.72. The summed E-state index contributed by atoms with van der Waals surface area (Å²) >= 11 is 0. The molecule has 7 nitrogen and oxygen atoms in total. The van der Waals surface area contributed by atoms with Crippen molar-refractivity contribution in [3.05, 3.63) is 96.1 Å². The topological polar surface area (TPSA) is 100 Å². The Hall–Kier alpha value is -4.12. The van der Waals surface area contributed by atoms with Gasteiger partial charge in [0.1, 0.15) is 34.6 Å². The van der Waals surface area contributed by atoms with E-state index in [1.807, 2.05) is 72.8 Å². The zero-order chi connectivity index (χ0) is 25.0. The monoisotopic (exact) mass is 479 g/mol. The van der Waals surface area contributed by atoms with Crippen molar-refractivity contribution in [3.63, 3.8) is 0 Å². The molecule has 1 fully saturated rings. The van der Waals surface area contributed by atoms with E-state index in [-0.39, 0.29) is 6.61 Å². The van der Waals surface area contributed by atoms with Gasteiger partial charge in [-0.1, -0.05) is 48.5 Å². The standard InChI is InChI=1S/C29H29N5O2/c30-19-26-27(23-11-13-25(14-12-23)36-24-9-5-2-6-10-24)32-34(28(26)31)29(21-35)15-17-33(18-16-29)20-22-7-3-1-4-8-22/h1-14,35H,15-18,20-21,31H2. The van der Waals surface area contributed by atoms with Crippen LogP contribution in [0.3, 0.4) is 0 Å². The Morgan fingerprint density at radius 2 is 1.53 bits per heavy atom. The third-order valence-corrected chi connectivity index (χ3v) is 6.92. The van der Waals surface area contributed by atoms with Crippen molar-refractivity contribution in [3.8, 4) is 28.8 Å². The molecule has 0 amide bonds. The summed E-state index contributed by atoms with van der Waals surface area (Å²) in [6.07, 6.45) is 1.38. The molecule has 1 aliphatic heterocycles. The highest BCUT2D eigenvalue weighted by atomic mass is 16.5. The van der Waals surface area contributed by atoms with Gasteiger partial charge in [-0.2, -0.15) is 10.4 Å². The number of aliphatic hydroxyl groups excluding tert-OH is 1. The number of nitrogens with two attached hydrogens (primary N) is 1. The third kappa shape index (κ3) is 4.69. The lowest BCUT2D eigenvalue weighted by molar-refractivity contribution is 0.0424. The molecule has 5 rings (SSSR count). The second-order valence-corrected chi connectivity index (χ2v) is 9.22. The summed E-state index contributed by atoms with van der Waals surface area (Å²) in [5.41, 5.74) is 8.70. The molecule has 3 N–H and O–H groups in total. The van der Waals surface area contributed by atoms with Crippen LogP contribution >= 0.6 is 0 Å². The van der Waals surface area contributed by atoms with Crippen molar-refractivity contribution in [2.45, 2.75) is 24.9 Å². The normalized spacial score (nSPS) is 15.3. The van der Waals surface area contributed by atoms with Crippen LogP contribution in [0.1, 0.15) is 24.0 Å². The number of rotatable bonds is 7. The molecule has 7 heteroatoms. The van der Waals surface area contributed by atoms with Gasteiger partial charge in [-0.05, 0) is 54.8 Å². The smallest absolute Gasteiger partial charge is 0.141 e. The molecule has 0 atom stereocenters. The van der Waals surface area contributed by atoms with Crippen molar-refractivity contribution in [1.82, 2.24) is 14.7 Å². The number of hydrogen-bond acceptors (Lipinski definition) is 6. The fraction of sp³-hybridized carbons (Fsp3) is 0.241. The Bertz CT molecular complexity index is 1340. The largest absolute Gasteiger partial charge is 0.457 e. The molecule has 1 aromatic heterocycles. The molecule has 1 saturated heterocycles. The van der Waals surface area contributed by atoms with E-state index < -0.39 is 5.54 Å². The number of ether oxygens (including phenoxy) is 1. The lowest BCUT2D eigenvalue weighted by Crippen LogP contribution is -2.49. The van der Waals surface area contributed by atoms with Gasteiger partial charge in [0.2, 0.25) is 0 Å². The molecule has 2 heterocycles. The van der Waals surface area contributed by atoms with E-state index in [2.05, 4.69) is 23.1 Å². The first-order chi connectivity index (χ1) is 17.6. The minimum Gasteiger partial charge on any atom is -0.457 e. The van der Waals surface area contributed by atoms with Gasteiger partial charge in [0.15, 0.2) is 0 Å². The van der Waals surface area contributed by atoms with Gasteiger partial charge >= 0.3 is 0 Å². The molecule has 0 spiro atoms. The number of piperidine rings is 1. The summed E-state index contributed by atoms with van der Waals surface area (Å²) in [6.45, 7) is 2.38. The van der Waals surface area contributed by atoms with E-state index in [9.17, 15) is 10.4 Å². The summed E-state index contributed by atoms with van der Waals surface area (Å²) in [5.74, 6) is 1.73. The summed E-state index contributed by atoms with van der Waals surface area (Å²) < 4.78 is 7.57. The van der Waals surface area contributed by atoms with Crippen molar-refractivity contribution in [2.75, 3.05) is 25.4 Å². The lowest BCUT2D eigenvalue weighted by atomic mass is 9.88. The first-order valence-electron chi connectivity index (χ1n) is 12.1. The molecule has 3 aromatic carbocycles. The maximum absolute atomic E-state index is 10.5. The number of nitrogens with zero attached hydrogens (tertiary/aromatic N) is 4. The van der Waals surface area contributed by atoms with Gasteiger partial charge in [-0.15, -0.1) is 0 Å². The number of nitrogen functional groups attached to an aromatic ring is 1. The molecule has 36 heavy (non-hydrogen) atoms. The number of hydrogen-bond donors (Lipinski definition) is 2. The second kappa shape index (κ2) is 10.2. The fourth-order valence-electron chi connectivity index (χ4n) is 4.82. The summed E-state index contributed by atoms with van der Waals surface area (Å²) in [6, 6.07) is 29.6. The predicted octanol–water partition coefficient (Wildman–Crippen LogP) is 4.78. The highest BCUT2D eigenvalue weighted by Gasteiger charge is 2.39. The summed E-state index contributed by atoms with van der Waals surface area (Å²) in [4.78, 5) is 2.38. The summed E-state index contributed by atoms with van der Waals surface area (Å²) in [5, 5.41) is 25.2. The predicted molar refractivity (Wildman–Crippen MR) is 139 cm³/mol. The van der Waals surface area contributed by atoms with Crippen LogP contribution in [-0.4, -0.2) is 39.5 Å². The minimum atomic E-state index is -0.641. The van der Waals surface area contributed by atoms with Gasteiger partial charge in [-0.25, -0.2) is 4.68 Å². The van der Waals surface area contributed by atoms with E-state index in [0.717, 1.165) is 30.9 Å². The molecular formula is C29H29N5O2. The number of likely N-dealkylation sites (tertiary alicyclic amines) is 1. The second-order valence-electron chi connectivity index (χ2n) is 9.22. The number of anilines is 1. The van der Waals surface area contributed by atoms with E-state index >= 15 is 0 Å². The SMILES string of the molecule is N#Cc1c(-c2ccc(Oc3ccccc3)cc2)nn(C2(CO)CCN(Cc3ccccc3)CC2)c1N. The average molecular weight is 480 g/mol. The number of aromatic nitrogens is 2. The molecule has 0 radical (unpaired) electrons. The first kappa shape index (κ1) is 23.6. The van der Waals surface area contributed by atoms with E-state index in [1.54, 1.807) is 4.68 Å². The molecular weight excluding hydrogens is 450 g/mol. The number of nitriles is 1. The van der Waals surface area contributed by atoms with Gasteiger partial charge in [0, 0.05) is 25.2 Å². The van der Waals surface area contributed by atoms with Crippen LogP contribution in [0.5, 0.6) is 11.5 Å². The molecule has 1 aliphatic rings. The molecule has 0 unspecified atom stereocenters. The molecule has 0 saturated carbocycles. The van der Waals surface area contributed by atoms with E-state index in [1.165, 1.54) is 5.56 Å². The van der Waals surface area contributed by atoms with E-state index in [0.29, 0.717) is 35.7 Å². The van der Waals surface area contributed by atoms with Crippen LogP contribution in [0.4, 0.5) is 5.82 Å². The quantitative estimate of drug-likeness (QED) is 0.396. The maximum Gasteiger partial charge on any atom is 0.141 e. The Labute approximate surface area is 211 Å². The van der Waals surface area contributed by atoms with Crippen molar-refractivity contribution < 1.29 is 9.84 Å². The Morgan fingerprint density at radius 1 is 0.917 bits per heavy atom. The molecule has 0 bridgehead atoms. The number of aliphatic hydroxyl groups is 1. The zero-order valence-corrected chi connectivity index (χ0v) is 20.0. The molecule has 4 aromatic rings. The van der Waals surface area contributed by atoms with Crippen LogP contribution in [0.2, 0.25) is 0 Å². The maximum atomic E-state index is 10.5. The van der Waals surface area contributed by atoms with Crippen LogP contribution < -0.4 is 10.5 Å². The molecule has 0 aliphatic carbocycles. The molecule has 182 valence electrons. The highest BCUT2D eigenvalue weighted by Crippen LogP contribution is 2.37. The van der Waals surface area contributed by atoms with Gasteiger partial charge in [0.05, 0.1) is 12.1 Å². The zero-order valence-electron chi connectivity index (χ0n) is 20.0. The first-order valence-corrected chi connectivity index (χ1v) is 12.1. The van der Waals surface area contributed by atoms with Crippen molar-refractivity contribution in [1.29, 1.82) is 5.26 Å². The Morgan fingerprint density at radius 3 is 2.14 bits per heavy atom. The van der Waals surface area contributed by atoms with Crippen LogP contribution in [0.25, 0.3) is 11.3 Å². The van der Waals surface area contributed by atoms with Crippen LogP contribution in [-0.2, 0) is 12.1 Å². The Balaban J connectivity index is 1.37. The number of benzene rings is 3. The fourth-order valence-corrected chi connectivity index (χ4v) is 4.82.